The van der Waals surface area contributed by atoms with Crippen molar-refractivity contribution in [1.29, 1.82) is 0 Å². The number of hydrogen-bond acceptors (Lipinski definition) is 5. The first-order valence-corrected chi connectivity index (χ1v) is 10.9. The Kier molecular flexibility index (Phi) is 6.84. The van der Waals surface area contributed by atoms with Gasteiger partial charge in [0.15, 0.2) is 0 Å². The second-order valence-electron chi connectivity index (χ2n) is 7.71. The molecule has 0 bridgehead atoms. The molecule has 9 heteroatoms. The summed E-state index contributed by atoms with van der Waals surface area (Å²) in [7, 11) is 1.49. The molecule has 0 saturated carbocycles. The SMILES string of the molecule is COc1ccc(/C=C2\C(=O)NC(=O)N(c3cc(Cl)ccc3C)C2=O)c(OCc2ccc(F)cc2)c1. The highest BCUT2D eigenvalue weighted by molar-refractivity contribution is 6.39. The molecule has 3 aromatic carbocycles. The lowest BCUT2D eigenvalue weighted by molar-refractivity contribution is -0.122. The van der Waals surface area contributed by atoms with Crippen molar-refractivity contribution in [3.63, 3.8) is 0 Å². The van der Waals surface area contributed by atoms with Gasteiger partial charge in [0.05, 0.1) is 12.8 Å². The van der Waals surface area contributed by atoms with Crippen molar-refractivity contribution in [3.8, 4) is 11.5 Å². The fourth-order valence-corrected chi connectivity index (χ4v) is 3.65. The molecule has 1 aliphatic heterocycles. The molecule has 1 heterocycles. The quantitative estimate of drug-likeness (QED) is 0.383. The van der Waals surface area contributed by atoms with E-state index in [1.165, 1.54) is 31.4 Å². The number of carbonyl (C=O) groups is 3. The molecule has 1 aliphatic rings. The first kappa shape index (κ1) is 24.0. The molecule has 7 nitrogen and oxygen atoms in total. The number of aryl methyl sites for hydroxylation is 1. The molecule has 4 rings (SSSR count). The first-order valence-electron chi connectivity index (χ1n) is 10.5. The number of amides is 4. The Morgan fingerprint density at radius 1 is 1.03 bits per heavy atom. The van der Waals surface area contributed by atoms with Gasteiger partial charge in [-0.25, -0.2) is 14.1 Å². The minimum Gasteiger partial charge on any atom is -0.497 e. The van der Waals surface area contributed by atoms with Crippen LogP contribution in [0, 0.1) is 12.7 Å². The minimum absolute atomic E-state index is 0.107. The van der Waals surface area contributed by atoms with E-state index in [9.17, 15) is 18.8 Å². The van der Waals surface area contributed by atoms with Crippen molar-refractivity contribution in [2.24, 2.45) is 0 Å². The molecule has 0 aromatic heterocycles. The van der Waals surface area contributed by atoms with Crippen molar-refractivity contribution in [2.45, 2.75) is 13.5 Å². The standard InChI is InChI=1S/C26H20ClFN2O5/c1-15-3-7-18(27)12-22(15)30-25(32)21(24(31)29-26(30)33)11-17-6-10-20(34-2)13-23(17)35-14-16-4-8-19(28)9-5-16/h3-13H,14H2,1-2H3,(H,29,31,33)/b21-11+. The van der Waals surface area contributed by atoms with Gasteiger partial charge in [-0.1, -0.05) is 29.8 Å². The van der Waals surface area contributed by atoms with E-state index in [2.05, 4.69) is 5.32 Å². The number of halogens is 2. The second-order valence-corrected chi connectivity index (χ2v) is 8.14. The van der Waals surface area contributed by atoms with Gasteiger partial charge in [-0.15, -0.1) is 0 Å². The van der Waals surface area contributed by atoms with Crippen molar-refractivity contribution >= 4 is 41.2 Å². The van der Waals surface area contributed by atoms with Crippen LogP contribution in [0.4, 0.5) is 14.9 Å². The van der Waals surface area contributed by atoms with Crippen LogP contribution in [-0.2, 0) is 16.2 Å². The topological polar surface area (TPSA) is 84.9 Å². The molecule has 1 N–H and O–H groups in total. The number of rotatable bonds is 6. The maximum absolute atomic E-state index is 13.3. The normalized spacial score (nSPS) is 14.8. The Labute approximate surface area is 205 Å². The smallest absolute Gasteiger partial charge is 0.335 e. The zero-order valence-electron chi connectivity index (χ0n) is 18.8. The number of methoxy groups -OCH3 is 1. The average Bonchev–Trinajstić information content (AvgIpc) is 2.83. The van der Waals surface area contributed by atoms with E-state index in [0.717, 1.165) is 4.90 Å². The van der Waals surface area contributed by atoms with Crippen molar-refractivity contribution in [1.82, 2.24) is 5.32 Å². The average molecular weight is 495 g/mol. The van der Waals surface area contributed by atoms with E-state index < -0.39 is 17.8 Å². The Hall–Kier alpha value is -4.17. The molecule has 1 saturated heterocycles. The highest BCUT2D eigenvalue weighted by Crippen LogP contribution is 2.31. The Morgan fingerprint density at radius 2 is 1.77 bits per heavy atom. The van der Waals surface area contributed by atoms with Crippen LogP contribution in [0.2, 0.25) is 5.02 Å². The summed E-state index contributed by atoms with van der Waals surface area (Å²) in [4.78, 5) is 39.3. The molecule has 0 atom stereocenters. The highest BCUT2D eigenvalue weighted by Gasteiger charge is 2.37. The van der Waals surface area contributed by atoms with Gasteiger partial charge in [0.2, 0.25) is 0 Å². The largest absolute Gasteiger partial charge is 0.497 e. The zero-order chi connectivity index (χ0) is 25.1. The lowest BCUT2D eigenvalue weighted by Gasteiger charge is -2.27. The summed E-state index contributed by atoms with van der Waals surface area (Å²) >= 11 is 6.07. The molecule has 0 spiro atoms. The van der Waals surface area contributed by atoms with Crippen LogP contribution in [0.5, 0.6) is 11.5 Å². The zero-order valence-corrected chi connectivity index (χ0v) is 19.6. The summed E-state index contributed by atoms with van der Waals surface area (Å²) in [5.41, 5.74) is 1.75. The molecule has 178 valence electrons. The van der Waals surface area contributed by atoms with Gasteiger partial charge in [-0.2, -0.15) is 0 Å². The van der Waals surface area contributed by atoms with Crippen LogP contribution in [0.1, 0.15) is 16.7 Å². The van der Waals surface area contributed by atoms with E-state index in [1.807, 2.05) is 0 Å². The van der Waals surface area contributed by atoms with E-state index in [1.54, 1.807) is 49.4 Å². The number of hydrogen-bond donors (Lipinski definition) is 1. The van der Waals surface area contributed by atoms with E-state index >= 15 is 0 Å². The monoisotopic (exact) mass is 494 g/mol. The minimum atomic E-state index is -0.870. The number of urea groups is 1. The third kappa shape index (κ3) is 5.17. The molecule has 0 unspecified atom stereocenters. The number of benzene rings is 3. The maximum Gasteiger partial charge on any atom is 0.335 e. The molecule has 1 fully saturated rings. The summed E-state index contributed by atoms with van der Waals surface area (Å²) < 4.78 is 24.4. The third-order valence-corrected chi connectivity index (χ3v) is 5.58. The number of anilines is 1. The van der Waals surface area contributed by atoms with Crippen LogP contribution in [0.3, 0.4) is 0 Å². The number of nitrogens with zero attached hydrogens (tertiary/aromatic N) is 1. The molecule has 0 aliphatic carbocycles. The Balaban J connectivity index is 1.70. The van der Waals surface area contributed by atoms with Gasteiger partial charge in [0.25, 0.3) is 11.8 Å². The predicted molar refractivity (Wildman–Crippen MR) is 129 cm³/mol. The molecule has 3 aromatic rings. The van der Waals surface area contributed by atoms with Gasteiger partial charge in [-0.05, 0) is 60.5 Å². The Bertz CT molecular complexity index is 1350. The third-order valence-electron chi connectivity index (χ3n) is 5.34. The van der Waals surface area contributed by atoms with Crippen LogP contribution < -0.4 is 19.7 Å². The lowest BCUT2D eigenvalue weighted by atomic mass is 10.0. The summed E-state index contributed by atoms with van der Waals surface area (Å²) in [6.07, 6.45) is 1.34. The molecular weight excluding hydrogens is 475 g/mol. The Morgan fingerprint density at radius 3 is 2.49 bits per heavy atom. The summed E-state index contributed by atoms with van der Waals surface area (Å²) in [6, 6.07) is 14.6. The highest BCUT2D eigenvalue weighted by atomic mass is 35.5. The maximum atomic E-state index is 13.3. The number of barbiturate groups is 1. The van der Waals surface area contributed by atoms with E-state index in [-0.39, 0.29) is 23.7 Å². The van der Waals surface area contributed by atoms with Crippen LogP contribution in [-0.4, -0.2) is 25.0 Å². The molecule has 4 amide bonds. The van der Waals surface area contributed by atoms with Crippen molar-refractivity contribution in [3.05, 3.63) is 93.8 Å². The summed E-state index contributed by atoms with van der Waals surface area (Å²) in [5.74, 6) is -1.19. The van der Waals surface area contributed by atoms with Crippen LogP contribution in [0.15, 0.2) is 66.2 Å². The molecular formula is C26H20ClFN2O5. The van der Waals surface area contributed by atoms with Crippen molar-refractivity contribution in [2.75, 3.05) is 12.0 Å². The number of imide groups is 2. The molecule has 0 radical (unpaired) electrons. The second kappa shape index (κ2) is 9.99. The fraction of sp³-hybridized carbons (Fsp3) is 0.115. The van der Waals surface area contributed by atoms with E-state index in [4.69, 9.17) is 21.1 Å². The van der Waals surface area contributed by atoms with E-state index in [0.29, 0.717) is 33.2 Å². The number of ether oxygens (including phenoxy) is 2. The van der Waals surface area contributed by atoms with Gasteiger partial charge in [0, 0.05) is 16.7 Å². The fourth-order valence-electron chi connectivity index (χ4n) is 3.48. The summed E-state index contributed by atoms with van der Waals surface area (Å²) in [6.45, 7) is 1.83. The van der Waals surface area contributed by atoms with Crippen LogP contribution >= 0.6 is 11.6 Å². The number of nitrogens with one attached hydrogen (secondary N) is 1. The molecule has 35 heavy (non-hydrogen) atoms. The van der Waals surface area contributed by atoms with Crippen LogP contribution in [0.25, 0.3) is 6.08 Å². The van der Waals surface area contributed by atoms with Gasteiger partial charge >= 0.3 is 6.03 Å². The van der Waals surface area contributed by atoms with Gasteiger partial charge in [0.1, 0.15) is 29.5 Å². The van der Waals surface area contributed by atoms with Gasteiger partial charge in [-0.3, -0.25) is 14.9 Å². The lowest BCUT2D eigenvalue weighted by Crippen LogP contribution is -2.54. The number of carbonyl (C=O) groups excluding carboxylic acids is 3. The first-order chi connectivity index (χ1) is 16.8. The summed E-state index contributed by atoms with van der Waals surface area (Å²) in [5, 5.41) is 2.53. The van der Waals surface area contributed by atoms with Crippen molar-refractivity contribution < 1.29 is 28.2 Å². The van der Waals surface area contributed by atoms with Gasteiger partial charge < -0.3 is 9.47 Å². The predicted octanol–water partition coefficient (Wildman–Crippen LogP) is 5.04.